The van der Waals surface area contributed by atoms with Crippen LogP contribution in [-0.2, 0) is 7.05 Å². The lowest BCUT2D eigenvalue weighted by Crippen LogP contribution is -2.15. The molecule has 1 amide bonds. The molecule has 0 aliphatic heterocycles. The fraction of sp³-hybridized carbons (Fsp3) is 0.231. The number of hydrogen-bond donors (Lipinski definition) is 1. The summed E-state index contributed by atoms with van der Waals surface area (Å²) in [6.07, 6.45) is 0. The molecule has 0 atom stereocenters. The summed E-state index contributed by atoms with van der Waals surface area (Å²) in [4.78, 5) is 12.1. The van der Waals surface area contributed by atoms with Crippen molar-refractivity contribution in [1.29, 1.82) is 0 Å². The van der Waals surface area contributed by atoms with Crippen LogP contribution in [0.1, 0.15) is 21.7 Å². The smallest absolute Gasteiger partial charge is 0.259 e. The average Bonchev–Trinajstić information content (AvgIpc) is 2.56. The third-order valence-corrected chi connectivity index (χ3v) is 2.86. The summed E-state index contributed by atoms with van der Waals surface area (Å²) in [5, 5.41) is 6.71. The molecular weight excluding hydrogens is 233 g/mol. The highest BCUT2D eigenvalue weighted by molar-refractivity contribution is 6.05. The fourth-order valence-corrected chi connectivity index (χ4v) is 1.85. The van der Waals surface area contributed by atoms with Crippen LogP contribution in [0.4, 0.5) is 10.1 Å². The zero-order valence-electron chi connectivity index (χ0n) is 10.5. The van der Waals surface area contributed by atoms with Crippen molar-refractivity contribution in [2.75, 3.05) is 5.32 Å². The van der Waals surface area contributed by atoms with E-state index in [2.05, 4.69) is 10.4 Å². The van der Waals surface area contributed by atoms with E-state index < -0.39 is 5.82 Å². The predicted octanol–water partition coefficient (Wildman–Crippen LogP) is 2.43. The number of aryl methyl sites for hydroxylation is 2. The molecule has 0 aliphatic rings. The number of halogens is 1. The van der Waals surface area contributed by atoms with Crippen LogP contribution in [0, 0.1) is 19.7 Å². The van der Waals surface area contributed by atoms with E-state index in [-0.39, 0.29) is 11.6 Å². The highest BCUT2D eigenvalue weighted by Gasteiger charge is 2.18. The van der Waals surface area contributed by atoms with Crippen LogP contribution in [-0.4, -0.2) is 15.7 Å². The van der Waals surface area contributed by atoms with Gasteiger partial charge in [0.25, 0.3) is 5.91 Å². The average molecular weight is 247 g/mol. The minimum Gasteiger partial charge on any atom is -0.319 e. The van der Waals surface area contributed by atoms with Crippen LogP contribution in [0.25, 0.3) is 0 Å². The van der Waals surface area contributed by atoms with Crippen LogP contribution in [0.3, 0.4) is 0 Å². The molecule has 1 aromatic heterocycles. The van der Waals surface area contributed by atoms with Gasteiger partial charge in [0.1, 0.15) is 5.82 Å². The molecule has 4 nitrogen and oxygen atoms in total. The number of carbonyl (C=O) groups is 1. The normalized spacial score (nSPS) is 10.4. The van der Waals surface area contributed by atoms with Gasteiger partial charge in [-0.2, -0.15) is 5.10 Å². The number of para-hydroxylation sites is 1. The number of rotatable bonds is 2. The third-order valence-electron chi connectivity index (χ3n) is 2.86. The largest absolute Gasteiger partial charge is 0.319 e. The van der Waals surface area contributed by atoms with Crippen molar-refractivity contribution >= 4 is 11.6 Å². The monoisotopic (exact) mass is 247 g/mol. The molecule has 0 bridgehead atoms. The summed E-state index contributed by atoms with van der Waals surface area (Å²) in [7, 11) is 1.77. The molecule has 1 heterocycles. The van der Waals surface area contributed by atoms with Crippen LogP contribution in [0.5, 0.6) is 0 Å². The first-order chi connectivity index (χ1) is 8.50. The van der Waals surface area contributed by atoms with E-state index in [9.17, 15) is 9.18 Å². The Bertz CT molecular complexity index is 604. The number of benzene rings is 1. The van der Waals surface area contributed by atoms with Gasteiger partial charge in [-0.05, 0) is 26.0 Å². The standard InChI is InChI=1S/C13H14FN3O/c1-8-12(9(2)17(3)16-8)13(18)15-11-7-5-4-6-10(11)14/h4-7H,1-3H3,(H,15,18). The van der Waals surface area contributed by atoms with Crippen LogP contribution in [0.2, 0.25) is 0 Å². The van der Waals surface area contributed by atoms with E-state index in [0.29, 0.717) is 11.3 Å². The molecule has 0 spiro atoms. The zero-order chi connectivity index (χ0) is 13.3. The number of hydrogen-bond acceptors (Lipinski definition) is 2. The van der Waals surface area contributed by atoms with Gasteiger partial charge in [-0.15, -0.1) is 0 Å². The summed E-state index contributed by atoms with van der Waals surface area (Å²) in [5.74, 6) is -0.798. The topological polar surface area (TPSA) is 46.9 Å². The Morgan fingerprint density at radius 3 is 2.56 bits per heavy atom. The van der Waals surface area contributed by atoms with Gasteiger partial charge in [-0.1, -0.05) is 12.1 Å². The van der Waals surface area contributed by atoms with Crippen LogP contribution >= 0.6 is 0 Å². The molecule has 94 valence electrons. The van der Waals surface area contributed by atoms with Crippen LogP contribution in [0.15, 0.2) is 24.3 Å². The third kappa shape index (κ3) is 2.11. The first-order valence-electron chi connectivity index (χ1n) is 5.56. The van der Waals surface area contributed by atoms with Crippen molar-refractivity contribution < 1.29 is 9.18 Å². The minimum absolute atomic E-state index is 0.171. The van der Waals surface area contributed by atoms with E-state index in [1.165, 1.54) is 12.1 Å². The zero-order valence-corrected chi connectivity index (χ0v) is 10.5. The Morgan fingerprint density at radius 1 is 1.33 bits per heavy atom. The van der Waals surface area contributed by atoms with Crippen molar-refractivity contribution in [2.24, 2.45) is 7.05 Å². The second-order valence-corrected chi connectivity index (χ2v) is 4.10. The van der Waals surface area contributed by atoms with E-state index >= 15 is 0 Å². The van der Waals surface area contributed by atoms with Crippen molar-refractivity contribution in [2.45, 2.75) is 13.8 Å². The highest BCUT2D eigenvalue weighted by atomic mass is 19.1. The summed E-state index contributed by atoms with van der Waals surface area (Å²) in [6, 6.07) is 6.07. The summed E-state index contributed by atoms with van der Waals surface area (Å²) < 4.78 is 15.1. The maximum Gasteiger partial charge on any atom is 0.259 e. The fourth-order valence-electron chi connectivity index (χ4n) is 1.85. The maximum absolute atomic E-state index is 13.4. The summed E-state index contributed by atoms with van der Waals surface area (Å²) >= 11 is 0. The number of nitrogens with one attached hydrogen (secondary N) is 1. The molecular formula is C13H14FN3O. The van der Waals surface area contributed by atoms with Gasteiger partial charge in [-0.25, -0.2) is 4.39 Å². The molecule has 0 fully saturated rings. The van der Waals surface area contributed by atoms with E-state index in [1.54, 1.807) is 37.7 Å². The Balaban J connectivity index is 2.31. The van der Waals surface area contributed by atoms with Crippen molar-refractivity contribution in [3.8, 4) is 0 Å². The minimum atomic E-state index is -0.454. The maximum atomic E-state index is 13.4. The lowest BCUT2D eigenvalue weighted by molar-refractivity contribution is 0.102. The number of anilines is 1. The molecule has 0 radical (unpaired) electrons. The van der Waals surface area contributed by atoms with Gasteiger partial charge in [0.05, 0.1) is 16.9 Å². The molecule has 1 N–H and O–H groups in total. The molecule has 2 rings (SSSR count). The number of carbonyl (C=O) groups excluding carboxylic acids is 1. The molecule has 0 saturated heterocycles. The Morgan fingerprint density at radius 2 is 2.00 bits per heavy atom. The van der Waals surface area contributed by atoms with Gasteiger partial charge >= 0.3 is 0 Å². The van der Waals surface area contributed by atoms with Gasteiger partial charge in [-0.3, -0.25) is 9.48 Å². The van der Waals surface area contributed by atoms with E-state index in [4.69, 9.17) is 0 Å². The van der Waals surface area contributed by atoms with Crippen LogP contribution < -0.4 is 5.32 Å². The molecule has 1 aromatic carbocycles. The van der Waals surface area contributed by atoms with E-state index in [1.807, 2.05) is 0 Å². The Kier molecular flexibility index (Phi) is 3.14. The number of aromatic nitrogens is 2. The van der Waals surface area contributed by atoms with Crippen molar-refractivity contribution in [1.82, 2.24) is 9.78 Å². The summed E-state index contributed by atoms with van der Waals surface area (Å²) in [6.45, 7) is 3.56. The predicted molar refractivity (Wildman–Crippen MR) is 67.0 cm³/mol. The SMILES string of the molecule is Cc1nn(C)c(C)c1C(=O)Nc1ccccc1F. The molecule has 2 aromatic rings. The lowest BCUT2D eigenvalue weighted by atomic mass is 10.2. The first kappa shape index (κ1) is 12.3. The summed E-state index contributed by atoms with van der Waals surface area (Å²) in [5.41, 5.74) is 2.04. The quantitative estimate of drug-likeness (QED) is 0.886. The molecule has 0 saturated carbocycles. The number of nitrogens with zero attached hydrogens (tertiary/aromatic N) is 2. The van der Waals surface area contributed by atoms with E-state index in [0.717, 1.165) is 5.69 Å². The molecule has 18 heavy (non-hydrogen) atoms. The molecule has 5 heteroatoms. The molecule has 0 aliphatic carbocycles. The Hall–Kier alpha value is -2.17. The first-order valence-corrected chi connectivity index (χ1v) is 5.56. The highest BCUT2D eigenvalue weighted by Crippen LogP contribution is 2.17. The van der Waals surface area contributed by atoms with Gasteiger partial charge in [0.15, 0.2) is 0 Å². The van der Waals surface area contributed by atoms with Gasteiger partial charge < -0.3 is 5.32 Å². The second kappa shape index (κ2) is 4.60. The Labute approximate surface area is 104 Å². The van der Waals surface area contributed by atoms with Gasteiger partial charge in [0.2, 0.25) is 0 Å². The lowest BCUT2D eigenvalue weighted by Gasteiger charge is -2.06. The second-order valence-electron chi connectivity index (χ2n) is 4.10. The van der Waals surface area contributed by atoms with Gasteiger partial charge in [0, 0.05) is 12.7 Å². The van der Waals surface area contributed by atoms with Crippen molar-refractivity contribution in [3.05, 3.63) is 47.0 Å². The number of amides is 1. The molecule has 0 unspecified atom stereocenters. The van der Waals surface area contributed by atoms with Crippen molar-refractivity contribution in [3.63, 3.8) is 0 Å².